The molecule has 0 aliphatic carbocycles. The summed E-state index contributed by atoms with van der Waals surface area (Å²) in [4.78, 5) is 4.38. The Morgan fingerprint density at radius 2 is 2.08 bits per heavy atom. The smallest absolute Gasteiger partial charge is 0.244 e. The van der Waals surface area contributed by atoms with Crippen molar-refractivity contribution >= 4 is 34.0 Å². The summed E-state index contributed by atoms with van der Waals surface area (Å²) in [6.45, 7) is 3.32. The van der Waals surface area contributed by atoms with E-state index in [2.05, 4.69) is 10.3 Å². The van der Waals surface area contributed by atoms with E-state index in [0.29, 0.717) is 30.2 Å². The highest BCUT2D eigenvalue weighted by molar-refractivity contribution is 7.89. The van der Waals surface area contributed by atoms with Crippen molar-refractivity contribution in [2.75, 3.05) is 19.6 Å². The van der Waals surface area contributed by atoms with Crippen molar-refractivity contribution in [3.63, 3.8) is 0 Å². The van der Waals surface area contributed by atoms with Gasteiger partial charge in [0, 0.05) is 37.1 Å². The lowest BCUT2D eigenvalue weighted by Crippen LogP contribution is -2.48. The Hall–Kier alpha value is -1.18. The van der Waals surface area contributed by atoms with Crippen molar-refractivity contribution in [3.05, 3.63) is 58.9 Å². The van der Waals surface area contributed by atoms with E-state index in [1.165, 1.54) is 0 Å². The fourth-order valence-electron chi connectivity index (χ4n) is 2.82. The summed E-state index contributed by atoms with van der Waals surface area (Å²) in [7, 11) is -3.63. The predicted octanol–water partition coefficient (Wildman–Crippen LogP) is 2.80. The molecule has 0 spiro atoms. The van der Waals surface area contributed by atoms with E-state index in [4.69, 9.17) is 11.6 Å². The third kappa shape index (κ3) is 3.58. The van der Waals surface area contributed by atoms with Crippen molar-refractivity contribution in [1.82, 2.24) is 14.6 Å². The van der Waals surface area contributed by atoms with Crippen LogP contribution >= 0.6 is 24.0 Å². The van der Waals surface area contributed by atoms with Gasteiger partial charge in [-0.1, -0.05) is 23.7 Å². The van der Waals surface area contributed by atoms with Gasteiger partial charge < -0.3 is 5.32 Å². The quantitative estimate of drug-likeness (QED) is 0.879. The minimum atomic E-state index is -3.63. The van der Waals surface area contributed by atoms with Gasteiger partial charge in [-0.2, -0.15) is 4.31 Å². The molecule has 1 N–H and O–H groups in total. The zero-order chi connectivity index (χ0) is 16.4. The molecule has 1 fully saturated rings. The van der Waals surface area contributed by atoms with Crippen molar-refractivity contribution in [3.8, 4) is 0 Å². The first-order chi connectivity index (χ1) is 11.0. The lowest BCUT2D eigenvalue weighted by atomic mass is 10.1. The number of benzene rings is 1. The third-order valence-corrected chi connectivity index (χ3v) is 6.53. The van der Waals surface area contributed by atoms with Crippen molar-refractivity contribution in [1.29, 1.82) is 0 Å². The highest BCUT2D eigenvalue weighted by Crippen LogP contribution is 2.31. The van der Waals surface area contributed by atoms with Crippen LogP contribution in [-0.4, -0.2) is 37.3 Å². The maximum Gasteiger partial charge on any atom is 0.244 e. The van der Waals surface area contributed by atoms with E-state index in [-0.39, 0.29) is 23.3 Å². The molecular weight excluding hydrogens is 369 g/mol. The van der Waals surface area contributed by atoms with Crippen LogP contribution in [0.3, 0.4) is 0 Å². The van der Waals surface area contributed by atoms with Crippen LogP contribution in [0.5, 0.6) is 0 Å². The second kappa shape index (κ2) is 7.80. The molecule has 24 heavy (non-hydrogen) atoms. The van der Waals surface area contributed by atoms with Gasteiger partial charge in [-0.05, 0) is 36.2 Å². The van der Waals surface area contributed by atoms with Crippen molar-refractivity contribution in [2.24, 2.45) is 0 Å². The maximum atomic E-state index is 13.2. The average Bonchev–Trinajstić information content (AvgIpc) is 2.58. The fraction of sp³-hybridized carbons (Fsp3) is 0.312. The number of nitrogens with one attached hydrogen (secondary N) is 1. The number of aromatic nitrogens is 1. The zero-order valence-electron chi connectivity index (χ0n) is 13.1. The van der Waals surface area contributed by atoms with Crippen LogP contribution in [0, 0.1) is 6.92 Å². The third-order valence-electron chi connectivity index (χ3n) is 4.07. The van der Waals surface area contributed by atoms with Gasteiger partial charge in [0.1, 0.15) is 0 Å². The van der Waals surface area contributed by atoms with Crippen LogP contribution in [0.4, 0.5) is 0 Å². The normalized spacial score (nSPS) is 18.8. The molecule has 5 nitrogen and oxygen atoms in total. The first kappa shape index (κ1) is 19.1. The van der Waals surface area contributed by atoms with Crippen molar-refractivity contribution < 1.29 is 8.42 Å². The summed E-state index contributed by atoms with van der Waals surface area (Å²) in [5, 5.41) is 3.71. The maximum absolute atomic E-state index is 13.2. The predicted molar refractivity (Wildman–Crippen MR) is 97.2 cm³/mol. The van der Waals surface area contributed by atoms with Gasteiger partial charge in [0.15, 0.2) is 0 Å². The Balaban J connectivity index is 0.00000208. The molecule has 0 radical (unpaired) electrons. The van der Waals surface area contributed by atoms with E-state index in [9.17, 15) is 8.42 Å². The van der Waals surface area contributed by atoms with Crippen LogP contribution in [0.15, 0.2) is 47.6 Å². The van der Waals surface area contributed by atoms with Gasteiger partial charge in [0.2, 0.25) is 10.0 Å². The molecular formula is C16H19Cl2N3O2S. The number of nitrogens with zero attached hydrogens (tertiary/aromatic N) is 2. The van der Waals surface area contributed by atoms with Gasteiger partial charge in [-0.25, -0.2) is 8.42 Å². The van der Waals surface area contributed by atoms with E-state index in [1.807, 2.05) is 12.1 Å². The Labute approximate surface area is 153 Å². The standard InChI is InChI=1S/C16H18ClN3O2S.ClH/c1-12-14(17)5-2-6-16(12)23(21,22)20-9-8-19-11-15(20)13-4-3-7-18-10-13;/h2-7,10,15,19H,8-9,11H2,1H3;1H. The zero-order valence-corrected chi connectivity index (χ0v) is 15.5. The number of sulfonamides is 1. The molecule has 0 amide bonds. The number of rotatable bonds is 3. The van der Waals surface area contributed by atoms with Gasteiger partial charge in [-0.3, -0.25) is 4.98 Å². The largest absolute Gasteiger partial charge is 0.313 e. The van der Waals surface area contributed by atoms with E-state index >= 15 is 0 Å². The van der Waals surface area contributed by atoms with Crippen molar-refractivity contribution in [2.45, 2.75) is 17.9 Å². The van der Waals surface area contributed by atoms with Crippen LogP contribution in [0.1, 0.15) is 17.2 Å². The summed E-state index contributed by atoms with van der Waals surface area (Å²) >= 11 is 6.11. The first-order valence-corrected chi connectivity index (χ1v) is 9.21. The molecule has 1 aromatic carbocycles. The van der Waals surface area contributed by atoms with E-state index in [0.717, 1.165) is 5.56 Å². The van der Waals surface area contributed by atoms with Gasteiger partial charge >= 0.3 is 0 Å². The van der Waals surface area contributed by atoms with Gasteiger partial charge in [-0.15, -0.1) is 12.4 Å². The number of halogens is 2. The van der Waals surface area contributed by atoms with E-state index in [1.54, 1.807) is 41.8 Å². The monoisotopic (exact) mass is 387 g/mol. The summed E-state index contributed by atoms with van der Waals surface area (Å²) in [6, 6.07) is 8.42. The SMILES string of the molecule is Cc1c(Cl)cccc1S(=O)(=O)N1CCNCC1c1cccnc1.Cl. The van der Waals surface area contributed by atoms with E-state index < -0.39 is 10.0 Å². The molecule has 2 heterocycles. The second-order valence-electron chi connectivity index (χ2n) is 5.49. The topological polar surface area (TPSA) is 62.3 Å². The molecule has 1 unspecified atom stereocenters. The number of pyridine rings is 1. The van der Waals surface area contributed by atoms with Crippen LogP contribution < -0.4 is 5.32 Å². The molecule has 1 saturated heterocycles. The summed E-state index contributed by atoms with van der Waals surface area (Å²) in [6.07, 6.45) is 3.39. The molecule has 1 aliphatic heterocycles. The summed E-state index contributed by atoms with van der Waals surface area (Å²) in [5.41, 5.74) is 1.46. The number of hydrogen-bond donors (Lipinski definition) is 1. The Bertz CT molecular complexity index is 800. The molecule has 130 valence electrons. The average molecular weight is 388 g/mol. The summed E-state index contributed by atoms with van der Waals surface area (Å²) < 4.78 is 27.9. The number of piperazine rings is 1. The van der Waals surface area contributed by atoms with Crippen LogP contribution in [0.25, 0.3) is 0 Å². The Morgan fingerprint density at radius 3 is 2.79 bits per heavy atom. The molecule has 0 saturated carbocycles. The highest BCUT2D eigenvalue weighted by atomic mass is 35.5. The highest BCUT2D eigenvalue weighted by Gasteiger charge is 2.35. The lowest BCUT2D eigenvalue weighted by molar-refractivity contribution is 0.271. The van der Waals surface area contributed by atoms with Crippen LogP contribution in [-0.2, 0) is 10.0 Å². The number of hydrogen-bond acceptors (Lipinski definition) is 4. The Morgan fingerprint density at radius 1 is 1.29 bits per heavy atom. The molecule has 1 aromatic heterocycles. The molecule has 0 bridgehead atoms. The molecule has 1 atom stereocenters. The lowest BCUT2D eigenvalue weighted by Gasteiger charge is -2.35. The van der Waals surface area contributed by atoms with Gasteiger partial charge in [0.25, 0.3) is 0 Å². The molecule has 1 aliphatic rings. The molecule has 8 heteroatoms. The van der Waals surface area contributed by atoms with Gasteiger partial charge in [0.05, 0.1) is 10.9 Å². The summed E-state index contributed by atoms with van der Waals surface area (Å²) in [5.74, 6) is 0. The van der Waals surface area contributed by atoms with Crippen LogP contribution in [0.2, 0.25) is 5.02 Å². The fourth-order valence-corrected chi connectivity index (χ4v) is 4.92. The minimum absolute atomic E-state index is 0. The molecule has 2 aromatic rings. The minimum Gasteiger partial charge on any atom is -0.313 e. The first-order valence-electron chi connectivity index (χ1n) is 7.39. The second-order valence-corrected chi connectivity index (χ2v) is 7.75. The Kier molecular flexibility index (Phi) is 6.22. The molecule has 3 rings (SSSR count).